The normalized spacial score (nSPS) is 18.4. The fraction of sp³-hybridized carbons (Fsp3) is 0.308. The summed E-state index contributed by atoms with van der Waals surface area (Å²) in [5.41, 5.74) is 2.37. The minimum atomic E-state index is -0.781. The number of hydrogen-bond donors (Lipinski definition) is 4. The van der Waals surface area contributed by atoms with Gasteiger partial charge in [0.25, 0.3) is 11.8 Å². The van der Waals surface area contributed by atoms with E-state index in [1.807, 2.05) is 30.3 Å². The predicted octanol–water partition coefficient (Wildman–Crippen LogP) is 2.42. The summed E-state index contributed by atoms with van der Waals surface area (Å²) in [5, 5.41) is 9.47. The van der Waals surface area contributed by atoms with Crippen molar-refractivity contribution >= 4 is 40.2 Å². The van der Waals surface area contributed by atoms with E-state index in [9.17, 15) is 19.2 Å². The van der Waals surface area contributed by atoms with E-state index in [4.69, 9.17) is 0 Å². The van der Waals surface area contributed by atoms with Crippen molar-refractivity contribution in [2.24, 2.45) is 0 Å². The number of fused-ring (bicyclic) bond motifs is 2. The molecule has 1 unspecified atom stereocenters. The van der Waals surface area contributed by atoms with Crippen LogP contribution < -0.4 is 16.0 Å². The van der Waals surface area contributed by atoms with Gasteiger partial charge < -0.3 is 25.8 Å². The Bertz CT molecular complexity index is 1260. The van der Waals surface area contributed by atoms with Crippen molar-refractivity contribution in [3.05, 3.63) is 65.9 Å². The maximum atomic E-state index is 12.9. The van der Waals surface area contributed by atoms with Crippen LogP contribution in [0.15, 0.2) is 54.6 Å². The van der Waals surface area contributed by atoms with Crippen molar-refractivity contribution in [1.29, 1.82) is 0 Å². The van der Waals surface area contributed by atoms with E-state index in [2.05, 4.69) is 20.9 Å². The Morgan fingerprint density at radius 2 is 1.74 bits per heavy atom. The summed E-state index contributed by atoms with van der Waals surface area (Å²) < 4.78 is 0. The predicted molar refractivity (Wildman–Crippen MR) is 131 cm³/mol. The summed E-state index contributed by atoms with van der Waals surface area (Å²) in [6.45, 7) is 1.11. The maximum absolute atomic E-state index is 12.9. The number of hydrogen-bond acceptors (Lipinski definition) is 4. The van der Waals surface area contributed by atoms with Crippen LogP contribution in [0.3, 0.4) is 0 Å². The van der Waals surface area contributed by atoms with E-state index in [1.54, 1.807) is 29.2 Å². The van der Waals surface area contributed by atoms with E-state index in [0.717, 1.165) is 10.9 Å². The highest BCUT2D eigenvalue weighted by atomic mass is 16.2. The molecule has 3 aromatic rings. The highest BCUT2D eigenvalue weighted by Crippen LogP contribution is 2.20. The van der Waals surface area contributed by atoms with Crippen LogP contribution in [0, 0.1) is 0 Å². The topological polar surface area (TPSA) is 123 Å². The largest absolute Gasteiger partial charge is 0.353 e. The summed E-state index contributed by atoms with van der Waals surface area (Å²) >= 11 is 0. The highest BCUT2D eigenvalue weighted by molar-refractivity contribution is 6.09. The number of carbonyl (C=O) groups is 4. The number of nitrogens with zero attached hydrogens (tertiary/aromatic N) is 1. The molecule has 180 valence electrons. The van der Waals surface area contributed by atoms with E-state index in [0.29, 0.717) is 42.9 Å². The average Bonchev–Trinajstić information content (AvgIpc) is 3.26. The van der Waals surface area contributed by atoms with Gasteiger partial charge in [0.15, 0.2) is 0 Å². The standard InChI is InChI=1S/C26H27N5O4/c32-23(10-9-21-25(34)29-20-8-4-2-6-18(20)24(33)30-21)27-17-11-13-31(14-12-17)26(35)22-15-16-5-1-3-7-19(16)28-22/h1-8,15,17,21,28H,9-14H2,(H,27,32)(H,29,34)(H,30,33). The van der Waals surface area contributed by atoms with Gasteiger partial charge in [0.05, 0.1) is 11.3 Å². The lowest BCUT2D eigenvalue weighted by Crippen LogP contribution is -2.47. The minimum Gasteiger partial charge on any atom is -0.353 e. The van der Waals surface area contributed by atoms with Crippen molar-refractivity contribution in [2.45, 2.75) is 37.8 Å². The molecule has 35 heavy (non-hydrogen) atoms. The molecule has 4 amide bonds. The molecular weight excluding hydrogens is 446 g/mol. The zero-order valence-electron chi connectivity index (χ0n) is 19.2. The van der Waals surface area contributed by atoms with Gasteiger partial charge in [0, 0.05) is 36.5 Å². The fourth-order valence-corrected chi connectivity index (χ4v) is 4.68. The fourth-order valence-electron chi connectivity index (χ4n) is 4.68. The summed E-state index contributed by atoms with van der Waals surface area (Å²) in [6, 6.07) is 15.6. The third-order valence-corrected chi connectivity index (χ3v) is 6.62. The van der Waals surface area contributed by atoms with Crippen LogP contribution in [0.2, 0.25) is 0 Å². The van der Waals surface area contributed by atoms with Crippen LogP contribution >= 0.6 is 0 Å². The van der Waals surface area contributed by atoms with Gasteiger partial charge in [0.2, 0.25) is 11.8 Å². The molecule has 2 aliphatic rings. The summed E-state index contributed by atoms with van der Waals surface area (Å²) in [4.78, 5) is 55.3. The zero-order chi connectivity index (χ0) is 24.4. The van der Waals surface area contributed by atoms with Crippen LogP contribution in [0.4, 0.5) is 5.69 Å². The summed E-state index contributed by atoms with van der Waals surface area (Å²) in [6.07, 6.45) is 1.64. The molecule has 9 nitrogen and oxygen atoms in total. The van der Waals surface area contributed by atoms with Crippen LogP contribution in [-0.4, -0.2) is 58.7 Å². The van der Waals surface area contributed by atoms with Gasteiger partial charge >= 0.3 is 0 Å². The Kier molecular flexibility index (Phi) is 6.22. The highest BCUT2D eigenvalue weighted by Gasteiger charge is 2.29. The Hall–Kier alpha value is -4.14. The third kappa shape index (κ3) is 4.89. The van der Waals surface area contributed by atoms with Crippen LogP contribution in [0.5, 0.6) is 0 Å². The number of carbonyl (C=O) groups excluding carboxylic acids is 4. The summed E-state index contributed by atoms with van der Waals surface area (Å²) in [5.74, 6) is -0.882. The van der Waals surface area contributed by atoms with Crippen molar-refractivity contribution in [3.8, 4) is 0 Å². The molecular formula is C26H27N5O4. The number of nitrogens with one attached hydrogen (secondary N) is 4. The molecule has 0 bridgehead atoms. The van der Waals surface area contributed by atoms with Crippen LogP contribution in [0.1, 0.15) is 46.5 Å². The van der Waals surface area contributed by atoms with Gasteiger partial charge in [-0.3, -0.25) is 19.2 Å². The molecule has 3 heterocycles. The molecule has 1 saturated heterocycles. The molecule has 4 N–H and O–H groups in total. The van der Waals surface area contributed by atoms with Gasteiger partial charge in [-0.05, 0) is 43.5 Å². The lowest BCUT2D eigenvalue weighted by atomic mass is 10.0. The van der Waals surface area contributed by atoms with Gasteiger partial charge in [-0.1, -0.05) is 30.3 Å². The van der Waals surface area contributed by atoms with E-state index in [-0.39, 0.29) is 42.5 Å². The number of likely N-dealkylation sites (tertiary alicyclic amines) is 1. The van der Waals surface area contributed by atoms with Gasteiger partial charge in [-0.2, -0.15) is 0 Å². The monoisotopic (exact) mass is 473 g/mol. The Balaban J connectivity index is 1.09. The molecule has 2 aromatic carbocycles. The number of benzene rings is 2. The smallest absolute Gasteiger partial charge is 0.270 e. The second-order valence-electron chi connectivity index (χ2n) is 9.00. The van der Waals surface area contributed by atoms with Crippen molar-refractivity contribution in [1.82, 2.24) is 20.5 Å². The molecule has 0 aliphatic carbocycles. The van der Waals surface area contributed by atoms with E-state index in [1.165, 1.54) is 0 Å². The Morgan fingerprint density at radius 3 is 2.54 bits per heavy atom. The lowest BCUT2D eigenvalue weighted by Gasteiger charge is -2.32. The third-order valence-electron chi connectivity index (χ3n) is 6.62. The number of anilines is 1. The maximum Gasteiger partial charge on any atom is 0.270 e. The average molecular weight is 474 g/mol. The SMILES string of the molecule is O=C(CCC1NC(=O)c2ccccc2NC1=O)NC1CCN(C(=O)c2cc3ccccc3[nH]2)CC1. The number of rotatable bonds is 5. The number of para-hydroxylation sites is 2. The Labute approximate surface area is 202 Å². The number of piperidine rings is 1. The van der Waals surface area contributed by atoms with Crippen molar-refractivity contribution in [2.75, 3.05) is 18.4 Å². The first-order valence-corrected chi connectivity index (χ1v) is 11.8. The zero-order valence-corrected chi connectivity index (χ0v) is 19.2. The first-order valence-electron chi connectivity index (χ1n) is 11.8. The second-order valence-corrected chi connectivity index (χ2v) is 9.00. The van der Waals surface area contributed by atoms with Gasteiger partial charge in [-0.25, -0.2) is 0 Å². The van der Waals surface area contributed by atoms with Crippen molar-refractivity contribution in [3.63, 3.8) is 0 Å². The van der Waals surface area contributed by atoms with Crippen LogP contribution in [-0.2, 0) is 9.59 Å². The quantitative estimate of drug-likeness (QED) is 0.454. The molecule has 9 heteroatoms. The summed E-state index contributed by atoms with van der Waals surface area (Å²) in [7, 11) is 0. The number of amides is 4. The molecule has 0 spiro atoms. The molecule has 0 saturated carbocycles. The van der Waals surface area contributed by atoms with Gasteiger partial charge in [0.1, 0.15) is 11.7 Å². The first-order chi connectivity index (χ1) is 17.0. The molecule has 1 fully saturated rings. The van der Waals surface area contributed by atoms with E-state index >= 15 is 0 Å². The second kappa shape index (κ2) is 9.61. The van der Waals surface area contributed by atoms with E-state index < -0.39 is 6.04 Å². The molecule has 0 radical (unpaired) electrons. The van der Waals surface area contributed by atoms with Crippen molar-refractivity contribution < 1.29 is 19.2 Å². The van der Waals surface area contributed by atoms with Crippen LogP contribution in [0.25, 0.3) is 10.9 Å². The molecule has 1 aromatic heterocycles. The number of aromatic amines is 1. The lowest BCUT2D eigenvalue weighted by molar-refractivity contribution is -0.122. The first kappa shape index (κ1) is 22.6. The molecule has 2 aliphatic heterocycles. The van der Waals surface area contributed by atoms with Gasteiger partial charge in [-0.15, -0.1) is 0 Å². The number of H-pyrrole nitrogens is 1. The molecule has 1 atom stereocenters. The minimum absolute atomic E-state index is 0.0314. The molecule has 5 rings (SSSR count). The number of aromatic nitrogens is 1. The Morgan fingerprint density at radius 1 is 1.00 bits per heavy atom.